The topological polar surface area (TPSA) is 64.1 Å². The van der Waals surface area contributed by atoms with E-state index in [4.69, 9.17) is 5.73 Å². The van der Waals surface area contributed by atoms with E-state index in [1.54, 1.807) is 16.8 Å². The zero-order valence-electron chi connectivity index (χ0n) is 10.1. The normalized spacial score (nSPS) is 11.5. The third-order valence-electron chi connectivity index (χ3n) is 3.23. The molecule has 2 aromatic heterocycles. The first-order chi connectivity index (χ1) is 9.04. The Hall–Kier alpha value is -1.57. The number of fused-ring (bicyclic) bond motifs is 2. The lowest BCUT2D eigenvalue weighted by Crippen LogP contribution is -1.94. The van der Waals surface area contributed by atoms with Gasteiger partial charge in [-0.1, -0.05) is 0 Å². The van der Waals surface area contributed by atoms with E-state index in [9.17, 15) is 9.50 Å². The molecule has 3 aromatic rings. The highest BCUT2D eigenvalue weighted by atomic mass is 127. The summed E-state index contributed by atoms with van der Waals surface area (Å²) >= 11 is 1.91. The summed E-state index contributed by atoms with van der Waals surface area (Å²) in [6.45, 7) is 2.53. The minimum absolute atomic E-state index is 0.101. The Morgan fingerprint density at radius 3 is 2.89 bits per heavy atom. The molecule has 3 rings (SSSR count). The molecule has 4 nitrogen and oxygen atoms in total. The summed E-state index contributed by atoms with van der Waals surface area (Å²) in [6.07, 6.45) is 1.72. The summed E-state index contributed by atoms with van der Waals surface area (Å²) in [6, 6.07) is 2.96. The highest BCUT2D eigenvalue weighted by Crippen LogP contribution is 2.37. The summed E-state index contributed by atoms with van der Waals surface area (Å²) in [5, 5.41) is 11.3. The summed E-state index contributed by atoms with van der Waals surface area (Å²) in [4.78, 5) is 4.42. The van der Waals surface area contributed by atoms with E-state index in [2.05, 4.69) is 4.98 Å². The number of pyridine rings is 1. The first-order valence-corrected chi connectivity index (χ1v) is 6.87. The molecule has 19 heavy (non-hydrogen) atoms. The van der Waals surface area contributed by atoms with E-state index in [1.165, 1.54) is 6.07 Å². The summed E-state index contributed by atoms with van der Waals surface area (Å²) in [7, 11) is 0. The Morgan fingerprint density at radius 2 is 2.21 bits per heavy atom. The second kappa shape index (κ2) is 4.22. The molecule has 0 unspecified atom stereocenters. The fraction of sp³-hybridized carbons (Fsp3) is 0.154. The fourth-order valence-corrected chi connectivity index (χ4v) is 2.83. The lowest BCUT2D eigenvalue weighted by molar-refractivity contribution is 0.427. The molecule has 3 N–H and O–H groups in total. The number of aromatic hydroxyl groups is 1. The van der Waals surface area contributed by atoms with Crippen LogP contribution in [0.3, 0.4) is 0 Å². The minimum atomic E-state index is -0.321. The second-order valence-corrected chi connectivity index (χ2v) is 5.36. The van der Waals surface area contributed by atoms with Gasteiger partial charge in [0.2, 0.25) is 5.88 Å². The van der Waals surface area contributed by atoms with E-state index >= 15 is 0 Å². The molecule has 98 valence electrons. The number of benzene rings is 1. The largest absolute Gasteiger partial charge is 0.494 e. The van der Waals surface area contributed by atoms with E-state index in [-0.39, 0.29) is 11.7 Å². The molecule has 2 heterocycles. The maximum atomic E-state index is 13.6. The van der Waals surface area contributed by atoms with E-state index in [0.29, 0.717) is 37.6 Å². The summed E-state index contributed by atoms with van der Waals surface area (Å²) in [5.74, 6) is -0.220. The number of aromatic nitrogens is 2. The fourth-order valence-electron chi connectivity index (χ4n) is 2.24. The van der Waals surface area contributed by atoms with Gasteiger partial charge in [-0.2, -0.15) is 0 Å². The van der Waals surface area contributed by atoms with Crippen LogP contribution in [0.2, 0.25) is 0 Å². The second-order valence-electron chi connectivity index (χ2n) is 4.28. The molecule has 0 spiro atoms. The Balaban J connectivity index is 2.54. The smallest absolute Gasteiger partial charge is 0.202 e. The zero-order valence-corrected chi connectivity index (χ0v) is 12.3. The van der Waals surface area contributed by atoms with Gasteiger partial charge in [0.05, 0.1) is 25.7 Å². The maximum absolute atomic E-state index is 13.6. The third-order valence-corrected chi connectivity index (χ3v) is 4.26. The molecule has 0 aliphatic rings. The zero-order chi connectivity index (χ0) is 13.7. The molecule has 0 bridgehead atoms. The Bertz CT molecular complexity index is 813. The molecule has 6 heteroatoms. The van der Waals surface area contributed by atoms with Gasteiger partial charge in [-0.15, -0.1) is 0 Å². The average Bonchev–Trinajstić information content (AvgIpc) is 2.71. The Labute approximate surface area is 122 Å². The predicted octanol–water partition coefficient (Wildman–Crippen LogP) is 3.24. The van der Waals surface area contributed by atoms with Gasteiger partial charge >= 0.3 is 0 Å². The van der Waals surface area contributed by atoms with Gasteiger partial charge in [0.25, 0.3) is 0 Å². The van der Waals surface area contributed by atoms with Crippen LogP contribution in [0.4, 0.5) is 10.1 Å². The van der Waals surface area contributed by atoms with Gasteiger partial charge in [0.15, 0.2) is 0 Å². The standard InChI is InChI=1S/C13H11FIN3O/c1-2-18-5-8-9(13(18)19)11(16)6-3-4-7(14)10(15)12(6)17-8/h3-5,19H,2,16H2,1H3. The summed E-state index contributed by atoms with van der Waals surface area (Å²) < 4.78 is 15.7. The molecule has 0 aliphatic heterocycles. The predicted molar refractivity (Wildman–Crippen MR) is 81.7 cm³/mol. The van der Waals surface area contributed by atoms with Crippen LogP contribution in [0.1, 0.15) is 6.92 Å². The van der Waals surface area contributed by atoms with Crippen molar-refractivity contribution in [2.24, 2.45) is 0 Å². The first kappa shape index (κ1) is 12.5. The van der Waals surface area contributed by atoms with Crippen molar-refractivity contribution in [3.63, 3.8) is 0 Å². The van der Waals surface area contributed by atoms with Crippen LogP contribution in [0.5, 0.6) is 5.88 Å². The number of rotatable bonds is 1. The van der Waals surface area contributed by atoms with Gasteiger partial charge in [-0.25, -0.2) is 9.37 Å². The van der Waals surface area contributed by atoms with E-state index in [1.807, 2.05) is 29.5 Å². The average molecular weight is 371 g/mol. The first-order valence-electron chi connectivity index (χ1n) is 5.79. The number of halogens is 2. The number of hydrogen-bond acceptors (Lipinski definition) is 3. The van der Waals surface area contributed by atoms with Gasteiger partial charge in [0.1, 0.15) is 5.82 Å². The molecule has 0 saturated heterocycles. The minimum Gasteiger partial charge on any atom is -0.494 e. The Morgan fingerprint density at radius 1 is 1.47 bits per heavy atom. The number of nitrogens with two attached hydrogens (primary N) is 1. The highest BCUT2D eigenvalue weighted by molar-refractivity contribution is 14.1. The molecule has 0 amide bonds. The molecule has 0 fully saturated rings. The van der Waals surface area contributed by atoms with Crippen molar-refractivity contribution in [3.8, 4) is 5.88 Å². The van der Waals surface area contributed by atoms with Crippen LogP contribution in [0.25, 0.3) is 21.8 Å². The number of aryl methyl sites for hydroxylation is 1. The van der Waals surface area contributed by atoms with Crippen LogP contribution in [0.15, 0.2) is 18.3 Å². The van der Waals surface area contributed by atoms with Gasteiger partial charge < -0.3 is 15.4 Å². The monoisotopic (exact) mass is 371 g/mol. The number of nitrogen functional groups attached to an aromatic ring is 1. The number of hydrogen-bond donors (Lipinski definition) is 2. The van der Waals surface area contributed by atoms with E-state index < -0.39 is 0 Å². The molecular weight excluding hydrogens is 360 g/mol. The Kier molecular flexibility index (Phi) is 2.77. The third kappa shape index (κ3) is 1.66. The lowest BCUT2D eigenvalue weighted by atomic mass is 10.1. The van der Waals surface area contributed by atoms with Crippen molar-refractivity contribution in [1.29, 1.82) is 0 Å². The highest BCUT2D eigenvalue weighted by Gasteiger charge is 2.17. The van der Waals surface area contributed by atoms with Crippen LogP contribution in [0, 0.1) is 9.39 Å². The van der Waals surface area contributed by atoms with E-state index in [0.717, 1.165) is 0 Å². The van der Waals surface area contributed by atoms with Gasteiger partial charge in [-0.3, -0.25) is 0 Å². The van der Waals surface area contributed by atoms with Crippen molar-refractivity contribution < 1.29 is 9.50 Å². The molecule has 0 radical (unpaired) electrons. The van der Waals surface area contributed by atoms with Crippen LogP contribution >= 0.6 is 22.6 Å². The molecule has 0 atom stereocenters. The molecule has 0 saturated carbocycles. The van der Waals surface area contributed by atoms with Crippen molar-refractivity contribution in [1.82, 2.24) is 9.55 Å². The molecule has 0 aliphatic carbocycles. The number of nitrogens with zero attached hydrogens (tertiary/aromatic N) is 2. The maximum Gasteiger partial charge on any atom is 0.202 e. The van der Waals surface area contributed by atoms with Crippen LogP contribution in [-0.4, -0.2) is 14.7 Å². The van der Waals surface area contributed by atoms with Crippen LogP contribution in [-0.2, 0) is 6.54 Å². The molecular formula is C13H11FIN3O. The summed E-state index contributed by atoms with van der Waals surface area (Å²) in [5.41, 5.74) is 7.64. The van der Waals surface area contributed by atoms with Crippen molar-refractivity contribution in [2.45, 2.75) is 13.5 Å². The lowest BCUT2D eigenvalue weighted by Gasteiger charge is -2.06. The van der Waals surface area contributed by atoms with Crippen molar-refractivity contribution in [2.75, 3.05) is 5.73 Å². The molecule has 1 aromatic carbocycles. The number of anilines is 1. The van der Waals surface area contributed by atoms with Crippen LogP contribution < -0.4 is 5.73 Å². The SMILES string of the molecule is CCn1cc2nc3c(I)c(F)ccc3c(N)c2c1O. The van der Waals surface area contributed by atoms with Gasteiger partial charge in [-0.05, 0) is 41.6 Å². The quantitative estimate of drug-likeness (QED) is 0.646. The van der Waals surface area contributed by atoms with Gasteiger partial charge in [0, 0.05) is 18.1 Å². The van der Waals surface area contributed by atoms with Crippen molar-refractivity contribution >= 4 is 50.1 Å². The van der Waals surface area contributed by atoms with Crippen molar-refractivity contribution in [3.05, 3.63) is 27.7 Å².